The Labute approximate surface area is 149 Å². The number of halogens is 2. The Kier molecular flexibility index (Phi) is 6.63. The molecule has 0 aliphatic carbocycles. The second-order valence-corrected chi connectivity index (χ2v) is 8.07. The van der Waals surface area contributed by atoms with Gasteiger partial charge in [0.2, 0.25) is 10.0 Å². The fourth-order valence-corrected chi connectivity index (χ4v) is 4.20. The topological polar surface area (TPSA) is 70.0 Å². The van der Waals surface area contributed by atoms with Crippen LogP contribution in [-0.4, -0.2) is 20.7 Å². The lowest BCUT2D eigenvalue weighted by molar-refractivity contribution is 0.584. The zero-order valence-electron chi connectivity index (χ0n) is 12.5. The molecule has 2 aromatic rings. The van der Waals surface area contributed by atoms with Crippen molar-refractivity contribution in [1.29, 1.82) is 5.26 Å². The van der Waals surface area contributed by atoms with E-state index in [1.165, 1.54) is 36.0 Å². The van der Waals surface area contributed by atoms with Gasteiger partial charge in [-0.15, -0.1) is 0 Å². The lowest BCUT2D eigenvalue weighted by Crippen LogP contribution is -2.26. The molecule has 0 fully saturated rings. The van der Waals surface area contributed by atoms with Crippen LogP contribution in [0.1, 0.15) is 11.1 Å². The van der Waals surface area contributed by atoms with Gasteiger partial charge in [0.1, 0.15) is 11.9 Å². The summed E-state index contributed by atoms with van der Waals surface area (Å²) >= 11 is 7.28. The van der Waals surface area contributed by atoms with Gasteiger partial charge in [-0.25, -0.2) is 17.5 Å². The van der Waals surface area contributed by atoms with Crippen molar-refractivity contribution >= 4 is 33.4 Å². The van der Waals surface area contributed by atoms with E-state index in [9.17, 15) is 12.8 Å². The molecule has 1 N–H and O–H groups in total. The standard InChI is InChI=1S/C16H14ClFN2O2S2/c17-15-9-14(6-5-12(15)10-19)24(21,22)20-7-8-23-11-13-3-1-2-4-16(13)18/h1-6,9,20H,7-8,11H2. The van der Waals surface area contributed by atoms with E-state index in [-0.39, 0.29) is 27.8 Å². The van der Waals surface area contributed by atoms with Gasteiger partial charge in [-0.05, 0) is 29.8 Å². The molecule has 0 heterocycles. The highest BCUT2D eigenvalue weighted by atomic mass is 35.5. The Morgan fingerprint density at radius 1 is 1.25 bits per heavy atom. The van der Waals surface area contributed by atoms with Crippen molar-refractivity contribution < 1.29 is 12.8 Å². The summed E-state index contributed by atoms with van der Waals surface area (Å²) in [5.74, 6) is 0.701. The minimum atomic E-state index is -3.69. The molecule has 0 bridgehead atoms. The van der Waals surface area contributed by atoms with E-state index in [0.717, 1.165) is 0 Å². The number of benzene rings is 2. The Balaban J connectivity index is 1.86. The van der Waals surface area contributed by atoms with Crippen LogP contribution in [0.15, 0.2) is 47.4 Å². The molecule has 0 spiro atoms. The fourth-order valence-electron chi connectivity index (χ4n) is 1.88. The van der Waals surface area contributed by atoms with Crippen LogP contribution in [0.3, 0.4) is 0 Å². The predicted octanol–water partition coefficient (Wildman–Crippen LogP) is 3.56. The van der Waals surface area contributed by atoms with Crippen LogP contribution in [0, 0.1) is 17.1 Å². The molecule has 0 unspecified atom stereocenters. The molecule has 0 aromatic heterocycles. The van der Waals surface area contributed by atoms with E-state index in [4.69, 9.17) is 16.9 Å². The van der Waals surface area contributed by atoms with Gasteiger partial charge in [0.15, 0.2) is 0 Å². The number of sulfonamides is 1. The predicted molar refractivity (Wildman–Crippen MR) is 93.9 cm³/mol. The third-order valence-electron chi connectivity index (χ3n) is 3.13. The summed E-state index contributed by atoms with van der Waals surface area (Å²) in [4.78, 5) is 0.00519. The van der Waals surface area contributed by atoms with Crippen LogP contribution in [0.4, 0.5) is 4.39 Å². The van der Waals surface area contributed by atoms with E-state index in [2.05, 4.69) is 4.72 Å². The summed E-state index contributed by atoms with van der Waals surface area (Å²) in [6, 6.07) is 12.3. The zero-order chi connectivity index (χ0) is 17.6. The second-order valence-electron chi connectivity index (χ2n) is 4.80. The molecule has 0 aliphatic rings. The van der Waals surface area contributed by atoms with E-state index in [1.54, 1.807) is 18.2 Å². The smallest absolute Gasteiger partial charge is 0.210 e. The van der Waals surface area contributed by atoms with Gasteiger partial charge in [-0.2, -0.15) is 17.0 Å². The van der Waals surface area contributed by atoms with Gasteiger partial charge in [0, 0.05) is 18.1 Å². The van der Waals surface area contributed by atoms with E-state index < -0.39 is 10.0 Å². The number of rotatable bonds is 7. The first kappa shape index (κ1) is 18.7. The van der Waals surface area contributed by atoms with Crippen LogP contribution in [0.5, 0.6) is 0 Å². The molecule has 0 radical (unpaired) electrons. The van der Waals surface area contributed by atoms with Crippen molar-refractivity contribution in [3.63, 3.8) is 0 Å². The fraction of sp³-hybridized carbons (Fsp3) is 0.188. The molecule has 4 nitrogen and oxygen atoms in total. The van der Waals surface area contributed by atoms with Gasteiger partial charge >= 0.3 is 0 Å². The van der Waals surface area contributed by atoms with Crippen LogP contribution >= 0.6 is 23.4 Å². The zero-order valence-corrected chi connectivity index (χ0v) is 14.9. The summed E-state index contributed by atoms with van der Waals surface area (Å²) in [5, 5.41) is 8.89. The average molecular weight is 385 g/mol. The lowest BCUT2D eigenvalue weighted by atomic mass is 10.2. The molecule has 24 heavy (non-hydrogen) atoms. The van der Waals surface area contributed by atoms with Crippen molar-refractivity contribution in [1.82, 2.24) is 4.72 Å². The maximum atomic E-state index is 13.4. The van der Waals surface area contributed by atoms with Crippen LogP contribution in [-0.2, 0) is 15.8 Å². The molecule has 8 heteroatoms. The summed E-state index contributed by atoms with van der Waals surface area (Å²) in [5.41, 5.74) is 0.806. The van der Waals surface area contributed by atoms with Crippen LogP contribution < -0.4 is 4.72 Å². The monoisotopic (exact) mass is 384 g/mol. The van der Waals surface area contributed by atoms with Gasteiger partial charge < -0.3 is 0 Å². The highest BCUT2D eigenvalue weighted by Gasteiger charge is 2.15. The molecule has 0 saturated heterocycles. The number of nitrogens with one attached hydrogen (secondary N) is 1. The Morgan fingerprint density at radius 3 is 2.67 bits per heavy atom. The van der Waals surface area contributed by atoms with Crippen molar-refractivity contribution in [2.75, 3.05) is 12.3 Å². The minimum absolute atomic E-state index is 0.00519. The third kappa shape index (κ3) is 4.95. The highest BCUT2D eigenvalue weighted by Crippen LogP contribution is 2.20. The average Bonchev–Trinajstić information content (AvgIpc) is 2.56. The normalized spacial score (nSPS) is 11.2. The first-order chi connectivity index (χ1) is 11.4. The maximum absolute atomic E-state index is 13.4. The molecule has 0 amide bonds. The molecule has 0 atom stereocenters. The Bertz CT molecular complexity index is 867. The van der Waals surface area contributed by atoms with Crippen LogP contribution in [0.25, 0.3) is 0 Å². The SMILES string of the molecule is N#Cc1ccc(S(=O)(=O)NCCSCc2ccccc2F)cc1Cl. The van der Waals surface area contributed by atoms with E-state index >= 15 is 0 Å². The number of thioether (sulfide) groups is 1. The summed E-state index contributed by atoms with van der Waals surface area (Å²) < 4.78 is 40.2. The third-order valence-corrected chi connectivity index (χ3v) is 5.90. The molecule has 126 valence electrons. The summed E-state index contributed by atoms with van der Waals surface area (Å²) in [6.07, 6.45) is 0. The molecule has 2 rings (SSSR count). The Morgan fingerprint density at radius 2 is 2.00 bits per heavy atom. The molecular formula is C16H14ClFN2O2S2. The number of hydrogen-bond acceptors (Lipinski definition) is 4. The number of nitrogens with zero attached hydrogens (tertiary/aromatic N) is 1. The second kappa shape index (κ2) is 8.49. The van der Waals surface area contributed by atoms with Gasteiger partial charge in [0.25, 0.3) is 0 Å². The van der Waals surface area contributed by atoms with Gasteiger partial charge in [-0.1, -0.05) is 29.8 Å². The lowest BCUT2D eigenvalue weighted by Gasteiger charge is -2.08. The largest absolute Gasteiger partial charge is 0.240 e. The molecule has 0 aliphatic heterocycles. The van der Waals surface area contributed by atoms with Crippen molar-refractivity contribution in [2.24, 2.45) is 0 Å². The number of nitriles is 1. The highest BCUT2D eigenvalue weighted by molar-refractivity contribution is 7.98. The molecular weight excluding hydrogens is 371 g/mol. The first-order valence-electron chi connectivity index (χ1n) is 6.94. The minimum Gasteiger partial charge on any atom is -0.210 e. The van der Waals surface area contributed by atoms with Gasteiger partial charge in [-0.3, -0.25) is 0 Å². The van der Waals surface area contributed by atoms with Crippen molar-refractivity contribution in [3.05, 3.63) is 64.4 Å². The molecule has 0 saturated carbocycles. The summed E-state index contributed by atoms with van der Waals surface area (Å²) in [7, 11) is -3.69. The molecule has 2 aromatic carbocycles. The maximum Gasteiger partial charge on any atom is 0.240 e. The summed E-state index contributed by atoms with van der Waals surface area (Å²) in [6.45, 7) is 0.207. The first-order valence-corrected chi connectivity index (χ1v) is 9.96. The van der Waals surface area contributed by atoms with Gasteiger partial charge in [0.05, 0.1) is 15.5 Å². The van der Waals surface area contributed by atoms with Crippen LogP contribution in [0.2, 0.25) is 5.02 Å². The quantitative estimate of drug-likeness (QED) is 0.741. The van der Waals surface area contributed by atoms with Crippen molar-refractivity contribution in [2.45, 2.75) is 10.6 Å². The number of hydrogen-bond donors (Lipinski definition) is 1. The van der Waals surface area contributed by atoms with Crippen molar-refractivity contribution in [3.8, 4) is 6.07 Å². The van der Waals surface area contributed by atoms with E-state index in [1.807, 2.05) is 6.07 Å². The Hall–Kier alpha value is -1.59. The van der Waals surface area contributed by atoms with E-state index in [0.29, 0.717) is 17.1 Å².